The van der Waals surface area contributed by atoms with E-state index in [4.69, 9.17) is 7.80 Å². The topological polar surface area (TPSA) is 103 Å². The summed E-state index contributed by atoms with van der Waals surface area (Å²) in [6, 6.07) is -3.28. The monoisotopic (exact) mass is 568 g/mol. The molecule has 1 fully saturated rings. The van der Waals surface area contributed by atoms with E-state index in [0.717, 1.165) is 31.3 Å². The molecule has 4 atom stereocenters. The summed E-state index contributed by atoms with van der Waals surface area (Å²) in [4.78, 5) is 36.7. The van der Waals surface area contributed by atoms with Gasteiger partial charge in [-0.2, -0.15) is 0 Å². The van der Waals surface area contributed by atoms with Gasteiger partial charge in [-0.15, -0.1) is 0 Å². The number of carbonyl (C=O) groups excluding carboxylic acids is 3. The van der Waals surface area contributed by atoms with E-state index in [1.807, 2.05) is 5.32 Å². The number of methoxy groups -OCH3 is 1. The second kappa shape index (κ2) is 11.5. The Hall–Kier alpha value is -1.31. The molecule has 1 saturated heterocycles. The number of esters is 1. The van der Waals surface area contributed by atoms with Gasteiger partial charge in [0.15, 0.2) is 0 Å². The molecule has 2 amide bonds. The Morgan fingerprint density at radius 3 is 2.26 bits per heavy atom. The van der Waals surface area contributed by atoms with Crippen LogP contribution in [0.3, 0.4) is 0 Å². The molecule has 0 saturated carbocycles. The van der Waals surface area contributed by atoms with E-state index >= 15 is 0 Å². The molecule has 1 aliphatic rings. The normalized spacial score (nSPS) is 20.3. The number of alkyl carbamates (subject to hydrolysis) is 1. The standard InChI is InChI=1S/C19H32F3IN2O6/c1-7-8-12-9-23(12)30-10-13(16(27)29-6)24-15(26)14(11(2)19(20,21)22)25-17(28)31-18(3,4)5/h11-14H,7-10H2,1-6H3,(H,24,26)(H,25,28)/t11-,12?,13-,14-/m0/s1. The summed E-state index contributed by atoms with van der Waals surface area (Å²) in [5, 5.41) is 4.20. The number of nitrogens with one attached hydrogen (secondary N) is 2. The first kappa shape index (κ1) is 27.7. The molecule has 0 bridgehead atoms. The fraction of sp³-hybridized carbons (Fsp3) is 0.842. The number of rotatable bonds is 10. The van der Waals surface area contributed by atoms with Crippen molar-refractivity contribution >= 4 is 38.2 Å². The second-order valence-corrected chi connectivity index (χ2v) is 13.5. The van der Waals surface area contributed by atoms with Crippen molar-refractivity contribution in [3.8, 4) is 0 Å². The molecule has 12 heteroatoms. The van der Waals surface area contributed by atoms with Crippen molar-refractivity contribution < 1.29 is 40.1 Å². The summed E-state index contributed by atoms with van der Waals surface area (Å²) in [5.74, 6) is -4.25. The molecule has 1 heterocycles. The summed E-state index contributed by atoms with van der Waals surface area (Å²) < 4.78 is 56.8. The summed E-state index contributed by atoms with van der Waals surface area (Å²) >= 11 is -1.63. The van der Waals surface area contributed by atoms with Gasteiger partial charge in [0.25, 0.3) is 0 Å². The molecule has 0 aromatic heterocycles. The molecule has 0 aliphatic carbocycles. The van der Waals surface area contributed by atoms with Gasteiger partial charge < -0.3 is 0 Å². The van der Waals surface area contributed by atoms with E-state index in [9.17, 15) is 27.6 Å². The first-order valence-electron chi connectivity index (χ1n) is 9.91. The van der Waals surface area contributed by atoms with Crippen LogP contribution in [0.1, 0.15) is 47.5 Å². The van der Waals surface area contributed by atoms with Gasteiger partial charge in [0, 0.05) is 0 Å². The van der Waals surface area contributed by atoms with Crippen LogP contribution in [0.4, 0.5) is 18.0 Å². The zero-order valence-corrected chi connectivity index (χ0v) is 20.8. The number of alkyl halides is 5. The van der Waals surface area contributed by atoms with E-state index in [1.54, 1.807) is 0 Å². The summed E-state index contributed by atoms with van der Waals surface area (Å²) in [6.45, 7) is 7.25. The van der Waals surface area contributed by atoms with Crippen molar-refractivity contribution in [2.24, 2.45) is 5.92 Å². The predicted molar refractivity (Wildman–Crippen MR) is 116 cm³/mol. The summed E-state index contributed by atoms with van der Waals surface area (Å²) in [5.41, 5.74) is -0.973. The minimum atomic E-state index is -4.77. The van der Waals surface area contributed by atoms with Crippen molar-refractivity contribution in [3.63, 3.8) is 0 Å². The molecule has 0 aromatic rings. The zero-order valence-electron chi connectivity index (χ0n) is 18.6. The third-order valence-corrected chi connectivity index (χ3v) is 9.29. The maximum atomic E-state index is 13.3. The Kier molecular flexibility index (Phi) is 10.3. The van der Waals surface area contributed by atoms with Crippen LogP contribution in [0.5, 0.6) is 0 Å². The van der Waals surface area contributed by atoms with E-state index in [0.29, 0.717) is 3.92 Å². The Balaban J connectivity index is 2.88. The van der Waals surface area contributed by atoms with Gasteiger partial charge in [0.1, 0.15) is 0 Å². The number of halogens is 4. The average molecular weight is 568 g/mol. The molecule has 8 nitrogen and oxygen atoms in total. The Morgan fingerprint density at radius 1 is 1.16 bits per heavy atom. The van der Waals surface area contributed by atoms with Crippen molar-refractivity contribution in [3.05, 3.63) is 0 Å². The molecule has 1 rings (SSSR count). The molecule has 0 aromatic carbocycles. The maximum absolute atomic E-state index is 13.3. The van der Waals surface area contributed by atoms with Crippen LogP contribution in [-0.4, -0.2) is 63.9 Å². The van der Waals surface area contributed by atoms with Crippen molar-refractivity contribution in [2.75, 3.05) is 18.1 Å². The summed E-state index contributed by atoms with van der Waals surface area (Å²) in [7, 11) is 1.10. The second-order valence-electron chi connectivity index (χ2n) is 8.21. The van der Waals surface area contributed by atoms with Crippen LogP contribution in [-0.2, 0) is 22.1 Å². The fourth-order valence-corrected chi connectivity index (χ4v) is 7.54. The predicted octanol–water partition coefficient (Wildman–Crippen LogP) is 3.36. The molecule has 0 spiro atoms. The average Bonchev–Trinajstić information content (AvgIpc) is 3.37. The number of ether oxygens (including phenoxy) is 2. The number of hydrogen-bond acceptors (Lipinski definition) is 6. The van der Waals surface area contributed by atoms with Crippen LogP contribution in [0, 0.1) is 5.92 Å². The van der Waals surface area contributed by atoms with Gasteiger partial charge in [-0.25, -0.2) is 0 Å². The van der Waals surface area contributed by atoms with Gasteiger partial charge in [0.2, 0.25) is 0 Å². The molecular weight excluding hydrogens is 536 g/mol. The van der Waals surface area contributed by atoms with Crippen LogP contribution in [0.25, 0.3) is 0 Å². The zero-order chi connectivity index (χ0) is 24.0. The minimum absolute atomic E-state index is 0.178. The SMILES string of the molecule is CCCC1CI1OC[C@H](NC(=O)[C@@H](NC(=O)OC(C)(C)C)[C@H](C)C(F)(F)F)C(=O)OC. The van der Waals surface area contributed by atoms with Gasteiger partial charge >= 0.3 is 188 Å². The van der Waals surface area contributed by atoms with E-state index in [2.05, 4.69) is 17.0 Å². The molecule has 1 aliphatic heterocycles. The molecule has 0 radical (unpaired) electrons. The Morgan fingerprint density at radius 2 is 1.77 bits per heavy atom. The quantitative estimate of drug-likeness (QED) is 0.238. The molecule has 2 N–H and O–H groups in total. The third-order valence-electron chi connectivity index (χ3n) is 4.31. The third kappa shape index (κ3) is 9.79. The summed E-state index contributed by atoms with van der Waals surface area (Å²) in [6.07, 6.45) is -3.90. The number of amides is 2. The fourth-order valence-electron chi connectivity index (χ4n) is 2.53. The van der Waals surface area contributed by atoms with Crippen molar-refractivity contribution in [2.45, 2.75) is 75.2 Å². The van der Waals surface area contributed by atoms with Gasteiger partial charge in [-0.3, -0.25) is 0 Å². The van der Waals surface area contributed by atoms with Crippen LogP contribution in [0.15, 0.2) is 0 Å². The van der Waals surface area contributed by atoms with Crippen LogP contribution in [0.2, 0.25) is 0 Å². The number of carbonyl (C=O) groups is 3. The van der Waals surface area contributed by atoms with Crippen LogP contribution < -0.4 is 10.6 Å². The Bertz CT molecular complexity index is 641. The van der Waals surface area contributed by atoms with Gasteiger partial charge in [0.05, 0.1) is 0 Å². The van der Waals surface area contributed by atoms with Crippen molar-refractivity contribution in [1.29, 1.82) is 0 Å². The van der Waals surface area contributed by atoms with E-state index < -0.39 is 68.0 Å². The van der Waals surface area contributed by atoms with Gasteiger partial charge in [-0.05, 0) is 0 Å². The van der Waals surface area contributed by atoms with E-state index in [1.165, 1.54) is 20.8 Å². The molecule has 31 heavy (non-hydrogen) atoms. The Labute approximate surface area is 188 Å². The number of hydrogen-bond donors (Lipinski definition) is 2. The molecule has 1 unspecified atom stereocenters. The molecular formula is C19H32F3IN2O6. The first-order valence-corrected chi connectivity index (χ1v) is 13.6. The van der Waals surface area contributed by atoms with Gasteiger partial charge in [-0.1, -0.05) is 0 Å². The van der Waals surface area contributed by atoms with E-state index in [-0.39, 0.29) is 6.61 Å². The first-order chi connectivity index (χ1) is 14.2. The molecule has 182 valence electrons. The van der Waals surface area contributed by atoms with Crippen LogP contribution >= 0.6 is 20.2 Å². The van der Waals surface area contributed by atoms with Crippen molar-refractivity contribution in [1.82, 2.24) is 10.6 Å².